The Morgan fingerprint density at radius 2 is 0.904 bits per heavy atom. The molecule has 0 aromatic rings. The quantitative estimate of drug-likeness (QED) is 0.215. The van der Waals surface area contributed by atoms with Gasteiger partial charge in [-0.05, 0) is 81.5 Å². The van der Waals surface area contributed by atoms with Crippen molar-refractivity contribution in [2.45, 2.75) is 156 Å². The fourth-order valence-corrected chi connectivity index (χ4v) is 7.32. The van der Waals surface area contributed by atoms with Gasteiger partial charge >= 0.3 is 0 Å². The van der Waals surface area contributed by atoms with Gasteiger partial charge < -0.3 is 36.4 Å². The number of amides is 7. The second-order valence-electron chi connectivity index (χ2n) is 16.6. The summed E-state index contributed by atoms with van der Waals surface area (Å²) >= 11 is 0. The van der Waals surface area contributed by atoms with Crippen LogP contribution in [0.3, 0.4) is 0 Å². The number of carbonyl (C=O) groups excluding carboxylic acids is 7. The van der Waals surface area contributed by atoms with Crippen molar-refractivity contribution in [3.05, 3.63) is 0 Å². The Labute approximate surface area is 310 Å². The first-order valence-corrected chi connectivity index (χ1v) is 19.6. The molecule has 3 fully saturated rings. The van der Waals surface area contributed by atoms with Crippen LogP contribution < -0.4 is 26.6 Å². The van der Waals surface area contributed by atoms with Crippen molar-refractivity contribution in [2.75, 3.05) is 19.6 Å². The van der Waals surface area contributed by atoms with Crippen molar-refractivity contribution in [1.82, 2.24) is 36.4 Å². The summed E-state index contributed by atoms with van der Waals surface area (Å²) in [6.45, 7) is 16.9. The van der Waals surface area contributed by atoms with Crippen molar-refractivity contribution in [3.8, 4) is 0 Å². The van der Waals surface area contributed by atoms with E-state index in [0.29, 0.717) is 38.8 Å². The average Bonchev–Trinajstić information content (AvgIpc) is 3.77. The first kappa shape index (κ1) is 42.7. The largest absolute Gasteiger partial charge is 0.343 e. The van der Waals surface area contributed by atoms with Gasteiger partial charge in [0.2, 0.25) is 41.4 Å². The summed E-state index contributed by atoms with van der Waals surface area (Å²) in [4.78, 5) is 100. The van der Waals surface area contributed by atoms with Crippen LogP contribution in [0, 0.1) is 23.7 Å². The molecule has 6 atom stereocenters. The molecule has 0 bridgehead atoms. The lowest BCUT2D eigenvalue weighted by atomic mass is 9.97. The highest BCUT2D eigenvalue weighted by Crippen LogP contribution is 2.22. The molecule has 7 amide bonds. The number of carbonyl (C=O) groups is 7. The lowest BCUT2D eigenvalue weighted by molar-refractivity contribution is -0.143. The van der Waals surface area contributed by atoms with E-state index in [4.69, 9.17) is 0 Å². The summed E-state index contributed by atoms with van der Waals surface area (Å²) in [6, 6.07) is -6.03. The molecule has 52 heavy (non-hydrogen) atoms. The van der Waals surface area contributed by atoms with Crippen molar-refractivity contribution in [2.24, 2.45) is 23.7 Å². The maximum atomic E-state index is 14.3. The molecule has 3 saturated heterocycles. The number of hydrogen-bond donors (Lipinski definition) is 5. The minimum absolute atomic E-state index is 0.00129. The number of nitrogens with zero attached hydrogens (tertiary/aromatic N) is 2. The highest BCUT2D eigenvalue weighted by molar-refractivity contribution is 5.98. The minimum atomic E-state index is -1.13. The maximum absolute atomic E-state index is 14.3. The Morgan fingerprint density at radius 1 is 0.538 bits per heavy atom. The fourth-order valence-electron chi connectivity index (χ4n) is 7.32. The van der Waals surface area contributed by atoms with Gasteiger partial charge in [0.1, 0.15) is 36.3 Å². The molecule has 14 nitrogen and oxygen atoms in total. The molecular weight excluding hydrogens is 666 g/mol. The average molecular weight is 732 g/mol. The number of likely N-dealkylation sites (tertiary alicyclic amines) is 1. The lowest BCUT2D eigenvalue weighted by Crippen LogP contribution is -2.61. The van der Waals surface area contributed by atoms with E-state index in [-0.39, 0.29) is 61.8 Å². The summed E-state index contributed by atoms with van der Waals surface area (Å²) in [7, 11) is 0. The zero-order valence-electron chi connectivity index (χ0n) is 32.7. The van der Waals surface area contributed by atoms with Gasteiger partial charge in [0.05, 0.1) is 0 Å². The Balaban J connectivity index is 2.06. The van der Waals surface area contributed by atoms with Gasteiger partial charge in [-0.15, -0.1) is 0 Å². The molecule has 3 rings (SSSR count). The lowest BCUT2D eigenvalue weighted by Gasteiger charge is -2.32. The molecule has 0 aromatic heterocycles. The van der Waals surface area contributed by atoms with E-state index in [1.165, 1.54) is 4.90 Å². The Hall–Kier alpha value is -3.71. The van der Waals surface area contributed by atoms with Crippen LogP contribution in [0.5, 0.6) is 0 Å². The molecule has 294 valence electrons. The molecule has 0 radical (unpaired) electrons. The van der Waals surface area contributed by atoms with E-state index >= 15 is 0 Å². The highest BCUT2D eigenvalue weighted by atomic mass is 16.2. The van der Waals surface area contributed by atoms with E-state index in [9.17, 15) is 33.6 Å². The number of nitrogens with one attached hydrogen (secondary N) is 5. The van der Waals surface area contributed by atoms with E-state index in [1.54, 1.807) is 4.90 Å². The summed E-state index contributed by atoms with van der Waals surface area (Å²) in [5, 5.41) is 14.3. The van der Waals surface area contributed by atoms with Gasteiger partial charge in [0.25, 0.3) is 0 Å². The smallest absolute Gasteiger partial charge is 0.245 e. The van der Waals surface area contributed by atoms with E-state index in [1.807, 2.05) is 55.4 Å². The Bertz CT molecular complexity index is 1280. The molecule has 0 aliphatic carbocycles. The van der Waals surface area contributed by atoms with Crippen LogP contribution in [0.15, 0.2) is 0 Å². The van der Waals surface area contributed by atoms with Crippen molar-refractivity contribution < 1.29 is 33.6 Å². The second-order valence-corrected chi connectivity index (χ2v) is 16.6. The number of hydrogen-bond acceptors (Lipinski definition) is 7. The van der Waals surface area contributed by atoms with Crippen LogP contribution in [0.2, 0.25) is 0 Å². The van der Waals surface area contributed by atoms with Gasteiger partial charge in [-0.3, -0.25) is 33.6 Å². The molecule has 5 N–H and O–H groups in total. The third kappa shape index (κ3) is 12.8. The first-order valence-electron chi connectivity index (χ1n) is 19.6. The zero-order chi connectivity index (χ0) is 38.7. The highest BCUT2D eigenvalue weighted by Gasteiger charge is 2.41. The standard InChI is InChI=1S/C38H65N7O7/c1-22(2)18-27-33(47)39-26(13-14-32(46)44-15-9-10-16-44)38(52)45-17-11-12-31(45)37(51)43-30(21-25(7)8)36(50)42-29(20-24(5)6)35(49)41-28(19-23(3)4)34(48)40-27/h22-31H,9-21H2,1-8H3,(H,39,47)(H,40,48)(H,41,49)(H,42,50)(H,43,51)/t26?,27-,28-,29-,30-,31-/m1/s1. The molecular formula is C38H65N7O7. The number of fused-ring (bicyclic) bond motifs is 1. The van der Waals surface area contributed by atoms with Crippen LogP contribution in [-0.2, 0) is 33.6 Å². The molecule has 3 heterocycles. The zero-order valence-corrected chi connectivity index (χ0v) is 32.7. The molecule has 0 aromatic carbocycles. The Morgan fingerprint density at radius 3 is 1.29 bits per heavy atom. The molecule has 1 unspecified atom stereocenters. The Kier molecular flexibility index (Phi) is 16.4. The predicted octanol–water partition coefficient (Wildman–Crippen LogP) is 2.00. The van der Waals surface area contributed by atoms with Gasteiger partial charge in [-0.2, -0.15) is 0 Å². The van der Waals surface area contributed by atoms with E-state index < -0.39 is 71.7 Å². The van der Waals surface area contributed by atoms with Crippen LogP contribution in [0.1, 0.15) is 120 Å². The van der Waals surface area contributed by atoms with Gasteiger partial charge in [0.15, 0.2) is 0 Å². The van der Waals surface area contributed by atoms with Gasteiger partial charge in [0, 0.05) is 26.1 Å². The van der Waals surface area contributed by atoms with E-state index in [0.717, 1.165) is 12.8 Å². The summed E-state index contributed by atoms with van der Waals surface area (Å²) in [5.74, 6) is -3.24. The first-order chi connectivity index (χ1) is 24.5. The predicted molar refractivity (Wildman–Crippen MR) is 197 cm³/mol. The van der Waals surface area contributed by atoms with E-state index in [2.05, 4.69) is 26.6 Å². The normalized spacial score (nSPS) is 27.3. The summed E-state index contributed by atoms with van der Waals surface area (Å²) in [5.41, 5.74) is 0. The van der Waals surface area contributed by atoms with Crippen molar-refractivity contribution in [1.29, 1.82) is 0 Å². The topological polar surface area (TPSA) is 186 Å². The third-order valence-corrected chi connectivity index (χ3v) is 9.92. The fraction of sp³-hybridized carbons (Fsp3) is 0.816. The van der Waals surface area contributed by atoms with Gasteiger partial charge in [-0.1, -0.05) is 55.4 Å². The van der Waals surface area contributed by atoms with Crippen LogP contribution in [0.25, 0.3) is 0 Å². The molecule has 3 aliphatic heterocycles. The molecule has 3 aliphatic rings. The van der Waals surface area contributed by atoms with Crippen molar-refractivity contribution >= 4 is 41.4 Å². The number of rotatable bonds is 11. The second kappa shape index (κ2) is 19.9. The van der Waals surface area contributed by atoms with Crippen molar-refractivity contribution in [3.63, 3.8) is 0 Å². The van der Waals surface area contributed by atoms with Gasteiger partial charge in [-0.25, -0.2) is 0 Å². The minimum Gasteiger partial charge on any atom is -0.343 e. The van der Waals surface area contributed by atoms with Crippen LogP contribution in [-0.4, -0.2) is 107 Å². The summed E-state index contributed by atoms with van der Waals surface area (Å²) < 4.78 is 0. The monoisotopic (exact) mass is 731 g/mol. The molecule has 0 spiro atoms. The van der Waals surface area contributed by atoms with Crippen LogP contribution in [0.4, 0.5) is 0 Å². The SMILES string of the molecule is CC(C)C[C@H]1NC(=O)[C@H]2CCCN2C(=O)C(CCC(=O)N2CCCC2)NC(=O)[C@@H](CC(C)C)NC(=O)[C@@H](CC(C)C)NC(=O)[C@@H](CC(C)C)NC1=O. The summed E-state index contributed by atoms with van der Waals surface area (Å²) in [6.07, 6.45) is 3.90. The molecule has 14 heteroatoms. The molecule has 0 saturated carbocycles. The van der Waals surface area contributed by atoms with Crippen LogP contribution >= 0.6 is 0 Å². The third-order valence-electron chi connectivity index (χ3n) is 9.92. The maximum Gasteiger partial charge on any atom is 0.245 e.